The summed E-state index contributed by atoms with van der Waals surface area (Å²) >= 11 is 2.98. The number of hydrogen-bond acceptors (Lipinski definition) is 16. The topological polar surface area (TPSA) is 297 Å². The van der Waals surface area contributed by atoms with Gasteiger partial charge < -0.3 is 22.5 Å². The van der Waals surface area contributed by atoms with Crippen molar-refractivity contribution in [3.8, 4) is 0 Å². The van der Waals surface area contributed by atoms with Crippen molar-refractivity contribution in [2.75, 3.05) is 30.6 Å². The number of aryl methyl sites for hydroxylation is 2. The monoisotopic (exact) mass is 1160 g/mol. The second kappa shape index (κ2) is 39.7. The summed E-state index contributed by atoms with van der Waals surface area (Å²) in [4.78, 5) is 135. The number of unbranched alkanes of at least 4 members (excludes halogenated alkanes) is 5. The Hall–Kier alpha value is -5.70. The lowest BCUT2D eigenvalue weighted by atomic mass is 9.91. The molecule has 3 aromatic carbocycles. The van der Waals surface area contributed by atoms with Crippen molar-refractivity contribution in [2.24, 2.45) is 29.0 Å². The normalized spacial score (nSPS) is 13.4. The van der Waals surface area contributed by atoms with Gasteiger partial charge in [-0.3, -0.25) is 58.7 Å². The van der Waals surface area contributed by atoms with Gasteiger partial charge in [0.25, 0.3) is 5.91 Å². The summed E-state index contributed by atoms with van der Waals surface area (Å²) in [5.74, 6) is -5.22. The lowest BCUT2D eigenvalue weighted by Crippen LogP contribution is -2.57. The first-order valence-corrected chi connectivity index (χ1v) is 31.5. The number of ketones is 6. The Morgan fingerprint density at radius 2 is 1.00 bits per heavy atom. The molecule has 3 rings (SSSR count). The molecule has 4 amide bonds. The van der Waals surface area contributed by atoms with E-state index in [1.165, 1.54) is 23.5 Å². The van der Waals surface area contributed by atoms with Crippen LogP contribution in [0, 0.1) is 11.8 Å². The van der Waals surface area contributed by atoms with Crippen LogP contribution in [0.2, 0.25) is 0 Å². The summed E-state index contributed by atoms with van der Waals surface area (Å²) in [7, 11) is 0. The number of benzene rings is 3. The Morgan fingerprint density at radius 3 is 1.49 bits per heavy atom. The van der Waals surface area contributed by atoms with Gasteiger partial charge in [-0.15, -0.1) is 0 Å². The number of nitrogens with one attached hydrogen (secondary N) is 4. The lowest BCUT2D eigenvalue weighted by molar-refractivity contribution is -0.132. The number of amides is 4. The molecule has 10 N–H and O–H groups in total. The Balaban J connectivity index is 1.75. The van der Waals surface area contributed by atoms with Gasteiger partial charge in [-0.1, -0.05) is 106 Å². The van der Waals surface area contributed by atoms with E-state index in [9.17, 15) is 47.9 Å². The Morgan fingerprint density at radius 1 is 0.506 bits per heavy atom. The van der Waals surface area contributed by atoms with Gasteiger partial charge in [0.1, 0.15) is 29.2 Å². The number of carbonyl (C=O) groups excluding carboxylic acids is 10. The second-order valence-electron chi connectivity index (χ2n) is 20.8. The third-order valence-electron chi connectivity index (χ3n) is 14.3. The molecule has 19 heteroatoms. The zero-order chi connectivity index (χ0) is 59.5. The molecule has 0 saturated carbocycles. The van der Waals surface area contributed by atoms with E-state index >= 15 is 0 Å². The first kappa shape index (κ1) is 69.6. The van der Waals surface area contributed by atoms with Crippen LogP contribution < -0.4 is 38.7 Å². The van der Waals surface area contributed by atoms with Crippen molar-refractivity contribution in [2.45, 2.75) is 173 Å². The highest BCUT2D eigenvalue weighted by Gasteiger charge is 2.32. The minimum absolute atomic E-state index is 0.0301. The van der Waals surface area contributed by atoms with Crippen LogP contribution in [-0.2, 0) is 57.6 Å². The van der Waals surface area contributed by atoms with Gasteiger partial charge in [0.05, 0.1) is 18.1 Å². The molecule has 3 aromatic rings. The van der Waals surface area contributed by atoms with Crippen molar-refractivity contribution < 1.29 is 47.9 Å². The molecular weight excluding hydrogens is 1070 g/mol. The standard InChI is InChI=1S/C62H89N7O10S2/c1-5-42-28-32-45(33-29-42)57(74)58(75)53(25-16-17-36-63)66-62(79)54(37-44-19-10-7-11-20-44)68-69-61(78)48(22-13-9-15-27-56(73)52(65)41-81-4)39-50(71)24-18-23-49(70)38-47(21-12-8-14-26-55(72)51(64)40-80-3)60(77)67-59(76)46-34-30-43(6-2)31-35-46/h7,10-11,19-20,28-35,47-48,51-54,68H,5-6,8-9,12-18,21-27,36-41,63-65H2,1-4H3,(H,66,79)(H,69,78)(H,67,76,77)/t47?,48?,51?,52?,53-,54-/m0/s1. The first-order valence-electron chi connectivity index (χ1n) is 28.7. The average molecular weight is 1160 g/mol. The molecule has 0 heterocycles. The number of hydrazine groups is 1. The van der Waals surface area contributed by atoms with Crippen molar-refractivity contribution >= 4 is 81.9 Å². The fourth-order valence-electron chi connectivity index (χ4n) is 9.26. The van der Waals surface area contributed by atoms with Gasteiger partial charge in [-0.25, -0.2) is 5.43 Å². The van der Waals surface area contributed by atoms with Gasteiger partial charge in [0, 0.05) is 73.0 Å². The average Bonchev–Trinajstić information content (AvgIpc) is 3.46. The highest BCUT2D eigenvalue weighted by atomic mass is 32.2. The molecule has 0 fully saturated rings. The highest BCUT2D eigenvalue weighted by molar-refractivity contribution is 7.98. The van der Waals surface area contributed by atoms with Gasteiger partial charge in [0.2, 0.25) is 29.3 Å². The van der Waals surface area contributed by atoms with Crippen molar-refractivity contribution in [1.82, 2.24) is 21.5 Å². The predicted octanol–water partition coefficient (Wildman–Crippen LogP) is 7.11. The summed E-state index contributed by atoms with van der Waals surface area (Å²) < 4.78 is 0. The van der Waals surface area contributed by atoms with Gasteiger partial charge in [0.15, 0.2) is 0 Å². The number of nitrogens with two attached hydrogens (primary N) is 3. The summed E-state index contributed by atoms with van der Waals surface area (Å²) in [5, 5.41) is 5.25. The SMILES string of the molecule is CCc1ccc(C(=O)NC(=O)C(CCCCCC(=O)C(N)CSC)CC(=O)CCCC(=O)CC(CCCCCC(=O)C(N)CSC)C(=O)NN[C@@H](Cc2ccccc2)C(=O)N[C@@H](CCCCN)C(=O)C(=O)c2ccc(CC)cc2)cc1. The lowest BCUT2D eigenvalue weighted by Gasteiger charge is -2.24. The fourth-order valence-corrected chi connectivity index (χ4v) is 10.4. The molecule has 0 saturated heterocycles. The van der Waals surface area contributed by atoms with Gasteiger partial charge in [-0.05, 0) is 119 Å². The van der Waals surface area contributed by atoms with E-state index in [1.54, 1.807) is 48.5 Å². The summed E-state index contributed by atoms with van der Waals surface area (Å²) in [6.45, 7) is 4.32. The molecule has 6 atom stereocenters. The number of thioether (sulfide) groups is 2. The smallest absolute Gasteiger partial charge is 0.257 e. The highest BCUT2D eigenvalue weighted by Crippen LogP contribution is 2.21. The van der Waals surface area contributed by atoms with E-state index in [0.29, 0.717) is 87.8 Å². The second-order valence-corrected chi connectivity index (χ2v) is 22.6. The predicted molar refractivity (Wildman–Crippen MR) is 322 cm³/mol. The third-order valence-corrected chi connectivity index (χ3v) is 15.7. The third kappa shape index (κ3) is 26.8. The van der Waals surface area contributed by atoms with Crippen LogP contribution in [-0.4, -0.2) is 113 Å². The van der Waals surface area contributed by atoms with E-state index in [-0.39, 0.29) is 86.5 Å². The molecule has 4 unspecified atom stereocenters. The van der Waals surface area contributed by atoms with E-state index in [1.807, 2.05) is 56.7 Å². The molecular formula is C62H89N7O10S2. The van der Waals surface area contributed by atoms with Crippen molar-refractivity contribution in [3.63, 3.8) is 0 Å². The number of imide groups is 1. The van der Waals surface area contributed by atoms with Crippen LogP contribution >= 0.6 is 23.5 Å². The van der Waals surface area contributed by atoms with E-state index in [2.05, 4.69) is 21.5 Å². The largest absolute Gasteiger partial charge is 0.344 e. The summed E-state index contributed by atoms with van der Waals surface area (Å²) in [6.07, 6.45) is 10.7. The molecule has 0 bridgehead atoms. The number of rotatable bonds is 44. The Bertz CT molecular complexity index is 2480. The fraction of sp³-hybridized carbons (Fsp3) is 0.548. The van der Waals surface area contributed by atoms with Crippen LogP contribution in [0.1, 0.15) is 167 Å². The maximum absolute atomic E-state index is 14.2. The minimum atomic E-state index is -1.18. The van der Waals surface area contributed by atoms with E-state index in [4.69, 9.17) is 17.2 Å². The van der Waals surface area contributed by atoms with Crippen LogP contribution in [0.15, 0.2) is 78.9 Å². The quantitative estimate of drug-likeness (QED) is 0.0128. The zero-order valence-electron chi connectivity index (χ0n) is 48.1. The molecule has 0 aromatic heterocycles. The van der Waals surface area contributed by atoms with Gasteiger partial charge >= 0.3 is 0 Å². The minimum Gasteiger partial charge on any atom is -0.344 e. The number of hydrogen-bond donors (Lipinski definition) is 7. The molecule has 17 nitrogen and oxygen atoms in total. The zero-order valence-corrected chi connectivity index (χ0v) is 49.7. The molecule has 0 aliphatic carbocycles. The number of carbonyl (C=O) groups is 10. The molecule has 0 aliphatic rings. The van der Waals surface area contributed by atoms with Crippen LogP contribution in [0.4, 0.5) is 0 Å². The summed E-state index contributed by atoms with van der Waals surface area (Å²) in [5.41, 5.74) is 26.6. The van der Waals surface area contributed by atoms with Gasteiger partial charge in [-0.2, -0.15) is 23.5 Å². The molecule has 0 aliphatic heterocycles. The van der Waals surface area contributed by atoms with Crippen LogP contribution in [0.3, 0.4) is 0 Å². The van der Waals surface area contributed by atoms with Crippen molar-refractivity contribution in [3.05, 3.63) is 107 Å². The summed E-state index contributed by atoms with van der Waals surface area (Å²) in [6, 6.07) is 19.3. The van der Waals surface area contributed by atoms with E-state index < -0.39 is 71.2 Å². The molecule has 81 heavy (non-hydrogen) atoms. The number of Topliss-reactive ketones (excluding diaryl/α,β-unsaturated/α-hetero) is 6. The maximum atomic E-state index is 14.2. The van der Waals surface area contributed by atoms with Crippen LogP contribution in [0.5, 0.6) is 0 Å². The van der Waals surface area contributed by atoms with Crippen molar-refractivity contribution in [1.29, 1.82) is 0 Å². The molecule has 444 valence electrons. The molecule has 0 spiro atoms. The van der Waals surface area contributed by atoms with Crippen LogP contribution in [0.25, 0.3) is 0 Å². The Kier molecular flexibility index (Phi) is 34.1. The molecule has 0 radical (unpaired) electrons. The maximum Gasteiger partial charge on any atom is 0.257 e. The Labute approximate surface area is 488 Å². The first-order chi connectivity index (χ1) is 38.9. The van der Waals surface area contributed by atoms with E-state index in [0.717, 1.165) is 29.5 Å².